The van der Waals surface area contributed by atoms with E-state index in [1.807, 2.05) is 73.6 Å². The molecule has 1 aliphatic heterocycles. The van der Waals surface area contributed by atoms with E-state index in [0.29, 0.717) is 86.8 Å². The average Bonchev–Trinajstić information content (AvgIpc) is 0.783. The Morgan fingerprint density at radius 3 is 1.08 bits per heavy atom. The largest absolute Gasteiger partial charge is 0.493 e. The Bertz CT molecular complexity index is 5550. The summed E-state index contributed by atoms with van der Waals surface area (Å²) in [4.78, 5) is 115. The van der Waals surface area contributed by atoms with Gasteiger partial charge in [-0.15, -0.1) is 0 Å². The third-order valence-corrected chi connectivity index (χ3v) is 17.3. The van der Waals surface area contributed by atoms with E-state index in [0.717, 1.165) is 12.8 Å². The smallest absolute Gasteiger partial charge is 0.295 e. The van der Waals surface area contributed by atoms with Gasteiger partial charge in [-0.25, -0.2) is 24.9 Å². The lowest BCUT2D eigenvalue weighted by molar-refractivity contribution is -0.383. The number of amides is 5. The molecule has 25 heteroatoms. The van der Waals surface area contributed by atoms with Gasteiger partial charge in [0.2, 0.25) is 0 Å². The molecule has 13 rings (SSSR count). The Hall–Kier alpha value is -12.9. The van der Waals surface area contributed by atoms with Gasteiger partial charge in [-0.3, -0.25) is 39.1 Å². The number of benzene rings is 6. The molecule has 0 spiro atoms. The van der Waals surface area contributed by atoms with Crippen LogP contribution in [-0.4, -0.2) is 104 Å². The summed E-state index contributed by atoms with van der Waals surface area (Å²) < 4.78 is 38.3. The molecular weight excluding hydrogens is 1370 g/mol. The number of nitro benzene ring substituents is 1. The van der Waals surface area contributed by atoms with Crippen molar-refractivity contribution in [3.8, 4) is 34.5 Å². The van der Waals surface area contributed by atoms with E-state index >= 15 is 4.79 Å². The van der Waals surface area contributed by atoms with Gasteiger partial charge in [0.1, 0.15) is 63.0 Å². The summed E-state index contributed by atoms with van der Waals surface area (Å²) in [7, 11) is 0. The third-order valence-electron chi connectivity index (χ3n) is 17.3. The predicted molar refractivity (Wildman–Crippen MR) is 417 cm³/mol. The molecule has 0 atom stereocenters. The van der Waals surface area contributed by atoms with Crippen LogP contribution < -0.4 is 55.0 Å². The van der Waals surface area contributed by atoms with Gasteiger partial charge in [0.15, 0.2) is 5.52 Å². The molecule has 7 heterocycles. The van der Waals surface area contributed by atoms with E-state index in [9.17, 15) is 29.3 Å². The Balaban J connectivity index is 0.901. The van der Waals surface area contributed by atoms with Crippen LogP contribution in [0.4, 0.5) is 34.1 Å². The first-order valence-electron chi connectivity index (χ1n) is 35.9. The van der Waals surface area contributed by atoms with Crippen molar-refractivity contribution >= 4 is 129 Å². The van der Waals surface area contributed by atoms with Gasteiger partial charge in [-0.05, 0) is 122 Å². The number of non-ortho nitro benzene ring substituents is 1. The zero-order chi connectivity index (χ0) is 75.7. The summed E-state index contributed by atoms with van der Waals surface area (Å²) in [6, 6.07) is 39.7. The molecule has 5 amide bonds. The molecule has 108 heavy (non-hydrogen) atoms. The quantitative estimate of drug-likeness (QED) is 0.0407. The summed E-state index contributed by atoms with van der Waals surface area (Å²) in [6.45, 7) is 17.5. The van der Waals surface area contributed by atoms with Crippen LogP contribution in [0, 0.1) is 33.8 Å². The summed E-state index contributed by atoms with van der Waals surface area (Å²) in [5, 5.41) is 30.3. The van der Waals surface area contributed by atoms with Crippen LogP contribution in [0.3, 0.4) is 0 Å². The molecule has 0 unspecified atom stereocenters. The van der Waals surface area contributed by atoms with Crippen LogP contribution in [0.15, 0.2) is 164 Å². The fourth-order valence-corrected chi connectivity index (χ4v) is 12.2. The lowest BCUT2D eigenvalue weighted by Crippen LogP contribution is -2.18. The van der Waals surface area contributed by atoms with Crippen molar-refractivity contribution in [3.63, 3.8) is 0 Å². The number of ether oxygens (including phenoxy) is 6. The first-order valence-corrected chi connectivity index (χ1v) is 35.9. The first-order chi connectivity index (χ1) is 52.2. The van der Waals surface area contributed by atoms with Crippen LogP contribution in [0.1, 0.15) is 134 Å². The van der Waals surface area contributed by atoms with Gasteiger partial charge < -0.3 is 55.0 Å². The fraction of sp³-hybridized carbons (Fsp3) is 0.265. The second-order valence-corrected chi connectivity index (χ2v) is 27.8. The lowest BCUT2D eigenvalue weighted by atomic mass is 10.1. The highest BCUT2D eigenvalue weighted by atomic mass is 16.6. The molecule has 1 aliphatic rings. The third kappa shape index (κ3) is 16.6. The van der Waals surface area contributed by atoms with Gasteiger partial charge in [0.25, 0.3) is 35.2 Å². The first kappa shape index (κ1) is 73.4. The number of carbonyl (C=O) groups excluding carboxylic acids is 5. The summed E-state index contributed by atoms with van der Waals surface area (Å²) in [5.41, 5.74) is 1.52. The minimum absolute atomic E-state index is 0.0126. The number of fused-ring (bicyclic) bond motifs is 8. The highest BCUT2D eigenvalue weighted by molar-refractivity contribution is 6.16. The average molecular weight is 1450 g/mol. The maximum Gasteiger partial charge on any atom is 0.295 e. The van der Waals surface area contributed by atoms with E-state index in [1.165, 1.54) is 36.4 Å². The molecule has 0 aliphatic carbocycles. The maximum atomic E-state index is 15.1. The molecule has 0 radical (unpaired) electrons. The van der Waals surface area contributed by atoms with Crippen molar-refractivity contribution in [3.05, 3.63) is 203 Å². The number of hydrogen-bond donors (Lipinski definition) is 5. The Morgan fingerprint density at radius 2 is 0.704 bits per heavy atom. The molecule has 0 saturated heterocycles. The Kier molecular flexibility index (Phi) is 22.2. The molecule has 25 nitrogen and oxygen atoms in total. The lowest BCUT2D eigenvalue weighted by Gasteiger charge is -2.17. The zero-order valence-corrected chi connectivity index (χ0v) is 60.9. The highest BCUT2D eigenvalue weighted by Gasteiger charge is 2.27. The second-order valence-electron chi connectivity index (χ2n) is 27.8. The summed E-state index contributed by atoms with van der Waals surface area (Å²) in [6.07, 6.45) is 8.31. The zero-order valence-electron chi connectivity index (χ0n) is 60.9. The molecule has 0 saturated carbocycles. The fourth-order valence-electron chi connectivity index (χ4n) is 12.2. The molecule has 6 aromatic heterocycles. The van der Waals surface area contributed by atoms with Crippen molar-refractivity contribution in [2.24, 2.45) is 23.7 Å². The van der Waals surface area contributed by atoms with E-state index in [4.69, 9.17) is 48.4 Å². The van der Waals surface area contributed by atoms with Crippen molar-refractivity contribution in [2.75, 3.05) is 66.2 Å². The monoisotopic (exact) mass is 1450 g/mol. The number of para-hydroxylation sites is 6. The topological polar surface area (TPSA) is 321 Å². The van der Waals surface area contributed by atoms with E-state index in [2.05, 4.69) is 36.6 Å². The van der Waals surface area contributed by atoms with Crippen LogP contribution >= 0.6 is 0 Å². The highest BCUT2D eigenvalue weighted by Crippen LogP contribution is 2.39. The predicted octanol–water partition coefficient (Wildman–Crippen LogP) is 17.2. The number of nitro groups is 1. The van der Waals surface area contributed by atoms with E-state index in [1.54, 1.807) is 109 Å². The van der Waals surface area contributed by atoms with Gasteiger partial charge in [0, 0.05) is 74.9 Å². The molecule has 550 valence electrons. The number of anilines is 5. The number of rotatable bonds is 13. The number of allylic oxidation sites excluding steroid dienone is 1. The Labute approximate surface area is 621 Å². The molecule has 12 aromatic rings. The minimum Gasteiger partial charge on any atom is -0.493 e. The normalized spacial score (nSPS) is 13.7. The van der Waals surface area contributed by atoms with Crippen LogP contribution in [0.5, 0.6) is 34.5 Å². The molecular formula is C83H80N12O13. The number of carbonyl (C=O) groups is 5. The van der Waals surface area contributed by atoms with E-state index < -0.39 is 34.5 Å². The maximum absolute atomic E-state index is 15.1. The number of aromatic nitrogens is 6. The molecule has 14 bridgehead atoms. The number of pyridine rings is 6. The van der Waals surface area contributed by atoms with Crippen molar-refractivity contribution in [1.29, 1.82) is 0 Å². The van der Waals surface area contributed by atoms with Gasteiger partial charge in [-0.1, -0.05) is 104 Å². The molecule has 6 aromatic carbocycles. The standard InChI is InChI=1S/C83H80N12O13/c1-46(2)42-105-69-38-61-79(96)90-56-27-15-21-50-67(33-34-84-73(50)56)103-35-13-11-9-10-12-14-36-104-68-37-65(89-78-55(68)26-20-32-66(78)95(101)102)83(100)94-60-31-19-25-54-72(108-45-49(7)8)41-64(88-77(54)60)82(99)93-59-30-18-24-53-71(107-44-48(5)6)40-63(87-76(53)59)81(98)92-58-29-17-23-52-70(106-43-47(3)4)39-62(86-75(52)58)80(97)91-57-28-16-22-51(69)74(57)85-61/h10,12,15-34,37-41,46-49H,9,11,13-14,35-36,42-45H2,1-8H3,(H,90,96)(H,91,97)(H,92,98)(H,93,99)(H,94,100). The number of hydrogen-bond acceptors (Lipinski definition) is 19. The van der Waals surface area contributed by atoms with Crippen LogP contribution in [-0.2, 0) is 0 Å². The molecule has 5 N–H and O–H groups in total. The number of nitrogens with zero attached hydrogens (tertiary/aromatic N) is 7. The van der Waals surface area contributed by atoms with Gasteiger partial charge in [-0.2, -0.15) is 0 Å². The molecule has 0 fully saturated rings. The van der Waals surface area contributed by atoms with Gasteiger partial charge in [0.05, 0.1) is 101 Å². The summed E-state index contributed by atoms with van der Waals surface area (Å²) >= 11 is 0. The summed E-state index contributed by atoms with van der Waals surface area (Å²) in [5.74, 6) is -1.15. The van der Waals surface area contributed by atoms with Crippen LogP contribution in [0.25, 0.3) is 65.4 Å². The van der Waals surface area contributed by atoms with Crippen molar-refractivity contribution in [2.45, 2.75) is 81.1 Å². The Morgan fingerprint density at radius 1 is 0.380 bits per heavy atom. The second kappa shape index (κ2) is 32.6. The van der Waals surface area contributed by atoms with Crippen molar-refractivity contribution in [1.82, 2.24) is 29.9 Å². The van der Waals surface area contributed by atoms with Gasteiger partial charge >= 0.3 is 0 Å². The SMILES string of the molecule is CC(C)COc1cc2nc3c(cccc13)NC(=O)c1cc(OCC(C)C)c3cccc(c3n1)NC(=O)c1cc(OCC(C)C)c3cccc(c3n1)NC(=O)c1cc(OCC(C)C)c3cccc(c3n1)NC(=O)c1cc(c3cccc([N+](=O)[O-])c3n1)OCCC=CCCCCOc1ccnc3c(cccc13)NC2=O. The van der Waals surface area contributed by atoms with Crippen LogP contribution in [0.2, 0.25) is 0 Å². The minimum atomic E-state index is -0.755. The van der Waals surface area contributed by atoms with E-state index in [-0.39, 0.29) is 152 Å². The van der Waals surface area contributed by atoms with Crippen molar-refractivity contribution < 1.29 is 57.3 Å². The number of nitrogens with one attached hydrogen (secondary N) is 5.